The molecular formula is C24H19FN4S. The quantitative estimate of drug-likeness (QED) is 0.389. The number of nitrogens with zero attached hydrogens (tertiary/aromatic N) is 4. The smallest absolute Gasteiger partial charge is 0.197 e. The molecule has 30 heavy (non-hydrogen) atoms. The first kappa shape index (κ1) is 19.9. The predicted molar refractivity (Wildman–Crippen MR) is 116 cm³/mol. The van der Waals surface area contributed by atoms with Crippen LogP contribution in [0.4, 0.5) is 4.39 Å². The molecule has 0 aliphatic rings. The molecule has 0 aliphatic carbocycles. The molecule has 1 aromatic heterocycles. The maximum Gasteiger partial charge on any atom is 0.197 e. The molecule has 1 heterocycles. The summed E-state index contributed by atoms with van der Waals surface area (Å²) in [6.07, 6.45) is 1.19. The van der Waals surface area contributed by atoms with Crippen molar-refractivity contribution in [3.63, 3.8) is 0 Å². The van der Waals surface area contributed by atoms with E-state index in [4.69, 9.17) is 0 Å². The number of thioether (sulfide) groups is 1. The van der Waals surface area contributed by atoms with E-state index in [0.29, 0.717) is 18.0 Å². The Morgan fingerprint density at radius 1 is 0.867 bits per heavy atom. The van der Waals surface area contributed by atoms with Crippen LogP contribution in [0.2, 0.25) is 0 Å². The Kier molecular flexibility index (Phi) is 6.21. The first-order valence-electron chi connectivity index (χ1n) is 9.57. The van der Waals surface area contributed by atoms with Gasteiger partial charge in [-0.1, -0.05) is 72.4 Å². The Morgan fingerprint density at radius 3 is 2.13 bits per heavy atom. The predicted octanol–water partition coefficient (Wildman–Crippen LogP) is 5.22. The van der Waals surface area contributed by atoms with Crippen molar-refractivity contribution in [1.29, 1.82) is 5.26 Å². The van der Waals surface area contributed by atoms with Crippen molar-refractivity contribution >= 4 is 11.8 Å². The zero-order valence-electron chi connectivity index (χ0n) is 16.1. The van der Waals surface area contributed by atoms with Crippen LogP contribution in [0.3, 0.4) is 0 Å². The number of aromatic nitrogens is 3. The van der Waals surface area contributed by atoms with Crippen molar-refractivity contribution in [2.24, 2.45) is 0 Å². The Labute approximate surface area is 179 Å². The summed E-state index contributed by atoms with van der Waals surface area (Å²) in [6.45, 7) is 0. The van der Waals surface area contributed by atoms with Crippen LogP contribution in [-0.4, -0.2) is 20.0 Å². The molecule has 0 saturated heterocycles. The highest BCUT2D eigenvalue weighted by molar-refractivity contribution is 8.00. The van der Waals surface area contributed by atoms with E-state index >= 15 is 0 Å². The number of benzene rings is 3. The lowest BCUT2D eigenvalue weighted by atomic mass is 10.1. The van der Waals surface area contributed by atoms with Gasteiger partial charge < -0.3 is 0 Å². The topological polar surface area (TPSA) is 54.5 Å². The average molecular weight is 415 g/mol. The molecule has 4 aromatic rings. The zero-order chi connectivity index (χ0) is 20.8. The fourth-order valence-electron chi connectivity index (χ4n) is 3.19. The Hall–Kier alpha value is -3.43. The molecule has 0 spiro atoms. The van der Waals surface area contributed by atoms with Gasteiger partial charge in [0.25, 0.3) is 0 Å². The van der Waals surface area contributed by atoms with E-state index in [-0.39, 0.29) is 11.1 Å². The summed E-state index contributed by atoms with van der Waals surface area (Å²) in [7, 11) is 0. The summed E-state index contributed by atoms with van der Waals surface area (Å²) < 4.78 is 15.4. The van der Waals surface area contributed by atoms with Crippen LogP contribution in [-0.2, 0) is 12.8 Å². The summed E-state index contributed by atoms with van der Waals surface area (Å²) >= 11 is 1.38. The number of hydrogen-bond donors (Lipinski definition) is 0. The summed E-state index contributed by atoms with van der Waals surface area (Å²) in [4.78, 5) is 0. The van der Waals surface area contributed by atoms with Gasteiger partial charge in [-0.05, 0) is 41.8 Å². The first-order chi connectivity index (χ1) is 14.7. The summed E-state index contributed by atoms with van der Waals surface area (Å²) in [5.74, 6) is 0.441. The normalized spacial score (nSPS) is 11.7. The molecule has 1 atom stereocenters. The molecule has 4 nitrogen and oxygen atoms in total. The fourth-order valence-corrected chi connectivity index (χ4v) is 4.18. The van der Waals surface area contributed by atoms with E-state index in [1.54, 1.807) is 12.1 Å². The van der Waals surface area contributed by atoms with E-state index in [2.05, 4.69) is 16.3 Å². The molecule has 0 unspecified atom stereocenters. The molecule has 4 rings (SSSR count). The second-order valence-electron chi connectivity index (χ2n) is 6.80. The van der Waals surface area contributed by atoms with E-state index < -0.39 is 0 Å². The molecule has 0 aliphatic heterocycles. The van der Waals surface area contributed by atoms with Gasteiger partial charge in [-0.25, -0.2) is 4.39 Å². The number of rotatable bonds is 7. The molecule has 148 valence electrons. The Morgan fingerprint density at radius 2 is 1.50 bits per heavy atom. The molecule has 0 saturated carbocycles. The maximum atomic E-state index is 13.5. The van der Waals surface area contributed by atoms with Gasteiger partial charge in [-0.15, -0.1) is 10.2 Å². The van der Waals surface area contributed by atoms with Crippen LogP contribution in [0, 0.1) is 17.1 Å². The second-order valence-corrected chi connectivity index (χ2v) is 7.97. The fraction of sp³-hybridized carbons (Fsp3) is 0.125. The number of nitriles is 1. The third kappa shape index (κ3) is 4.76. The van der Waals surface area contributed by atoms with Gasteiger partial charge in [0.1, 0.15) is 16.9 Å². The van der Waals surface area contributed by atoms with Crippen molar-refractivity contribution in [3.8, 4) is 11.8 Å². The zero-order valence-corrected chi connectivity index (χ0v) is 17.0. The summed E-state index contributed by atoms with van der Waals surface area (Å²) in [5, 5.41) is 18.8. The van der Waals surface area contributed by atoms with Crippen LogP contribution in [0.25, 0.3) is 5.69 Å². The SMILES string of the molecule is N#C[C@@H](Cc1ccccc1)Sc1nnc(Cc2ccccc2)n1-c1ccc(F)cc1. The standard InChI is InChI=1S/C24H19FN4S/c25-20-11-13-21(14-12-20)29-23(16-19-9-5-2-6-10-19)27-28-24(29)30-22(17-26)15-18-7-3-1-4-8-18/h1-14,22H,15-16H2/t22-/m1/s1. The van der Waals surface area contributed by atoms with Gasteiger partial charge in [-0.3, -0.25) is 4.57 Å². The third-order valence-corrected chi connectivity index (χ3v) is 5.68. The highest BCUT2D eigenvalue weighted by Gasteiger charge is 2.20. The minimum absolute atomic E-state index is 0.301. The maximum absolute atomic E-state index is 13.5. The van der Waals surface area contributed by atoms with Gasteiger partial charge in [-0.2, -0.15) is 5.26 Å². The van der Waals surface area contributed by atoms with Crippen LogP contribution in [0.5, 0.6) is 0 Å². The third-order valence-electron chi connectivity index (χ3n) is 4.65. The van der Waals surface area contributed by atoms with Crippen molar-refractivity contribution in [1.82, 2.24) is 14.8 Å². The van der Waals surface area contributed by atoms with E-state index in [1.165, 1.54) is 23.9 Å². The molecule has 3 aromatic carbocycles. The number of hydrogen-bond acceptors (Lipinski definition) is 4. The van der Waals surface area contributed by atoms with Gasteiger partial charge >= 0.3 is 0 Å². The average Bonchev–Trinajstić information content (AvgIpc) is 3.17. The molecule has 0 amide bonds. The first-order valence-corrected chi connectivity index (χ1v) is 10.5. The Bertz CT molecular complexity index is 1140. The number of halogens is 1. The monoisotopic (exact) mass is 414 g/mol. The lowest BCUT2D eigenvalue weighted by molar-refractivity contribution is 0.627. The molecule has 0 N–H and O–H groups in total. The van der Waals surface area contributed by atoms with Crippen molar-refractivity contribution in [2.75, 3.05) is 0 Å². The minimum Gasteiger partial charge on any atom is -0.274 e. The van der Waals surface area contributed by atoms with Gasteiger partial charge in [0, 0.05) is 12.1 Å². The van der Waals surface area contributed by atoms with Crippen LogP contribution < -0.4 is 0 Å². The van der Waals surface area contributed by atoms with Crippen LogP contribution in [0.15, 0.2) is 90.1 Å². The Balaban J connectivity index is 1.66. The van der Waals surface area contributed by atoms with E-state index in [1.807, 2.05) is 65.2 Å². The lowest BCUT2D eigenvalue weighted by Crippen LogP contribution is -2.08. The van der Waals surface area contributed by atoms with Gasteiger partial charge in [0.2, 0.25) is 0 Å². The van der Waals surface area contributed by atoms with Crippen LogP contribution in [0.1, 0.15) is 17.0 Å². The molecule has 6 heteroatoms. The minimum atomic E-state index is -0.319. The van der Waals surface area contributed by atoms with Gasteiger partial charge in [0.15, 0.2) is 5.16 Å². The van der Waals surface area contributed by atoms with E-state index in [9.17, 15) is 9.65 Å². The molecule has 0 fully saturated rings. The molecular weight excluding hydrogens is 395 g/mol. The molecule has 0 bridgehead atoms. The van der Waals surface area contributed by atoms with Crippen molar-refractivity contribution < 1.29 is 4.39 Å². The van der Waals surface area contributed by atoms with Crippen molar-refractivity contribution in [2.45, 2.75) is 23.2 Å². The van der Waals surface area contributed by atoms with E-state index in [0.717, 1.165) is 22.6 Å². The van der Waals surface area contributed by atoms with Gasteiger partial charge in [0.05, 0.1) is 6.07 Å². The highest BCUT2D eigenvalue weighted by Crippen LogP contribution is 2.28. The largest absolute Gasteiger partial charge is 0.274 e. The van der Waals surface area contributed by atoms with Crippen molar-refractivity contribution in [3.05, 3.63) is 108 Å². The second kappa shape index (κ2) is 9.38. The summed E-state index contributed by atoms with van der Waals surface area (Å²) in [6, 6.07) is 28.5. The highest BCUT2D eigenvalue weighted by atomic mass is 32.2. The summed E-state index contributed by atoms with van der Waals surface area (Å²) in [5.41, 5.74) is 2.96. The van der Waals surface area contributed by atoms with Crippen LogP contribution >= 0.6 is 11.8 Å². The lowest BCUT2D eigenvalue weighted by Gasteiger charge is -2.13. The molecule has 0 radical (unpaired) electrons.